The quantitative estimate of drug-likeness (QED) is 0.769. The average molecular weight is 250 g/mol. The molecule has 2 rings (SSSR count). The van der Waals surface area contributed by atoms with Crippen molar-refractivity contribution in [2.75, 3.05) is 0 Å². The fourth-order valence-corrected chi connectivity index (χ4v) is 1.82. The largest absolute Gasteiger partial charge is 0.298 e. The highest BCUT2D eigenvalue weighted by atomic mass is 35.5. The third-order valence-electron chi connectivity index (χ3n) is 2.61. The Bertz CT molecular complexity index is 590. The molecule has 0 aliphatic rings. The fraction of sp³-hybridized carbons (Fsp3) is 0.250. The van der Waals surface area contributed by atoms with E-state index in [2.05, 4.69) is 10.1 Å². The van der Waals surface area contributed by atoms with Crippen LogP contribution in [-0.2, 0) is 0 Å². The molecule has 0 saturated heterocycles. The topological polar surface area (TPSA) is 47.8 Å². The van der Waals surface area contributed by atoms with Crippen LogP contribution in [0.4, 0.5) is 0 Å². The summed E-state index contributed by atoms with van der Waals surface area (Å²) in [5, 5.41) is 4.97. The van der Waals surface area contributed by atoms with E-state index < -0.39 is 0 Å². The molecule has 0 radical (unpaired) electrons. The number of nitrogens with zero attached hydrogens (tertiary/aromatic N) is 3. The molecule has 0 amide bonds. The first-order chi connectivity index (χ1) is 8.04. The summed E-state index contributed by atoms with van der Waals surface area (Å²) in [5.74, 6) is 0.697. The molecule has 0 fully saturated rings. The van der Waals surface area contributed by atoms with Gasteiger partial charge in [0.15, 0.2) is 12.1 Å². The van der Waals surface area contributed by atoms with Gasteiger partial charge in [0.2, 0.25) is 0 Å². The third kappa shape index (κ3) is 1.96. The molecule has 88 valence electrons. The van der Waals surface area contributed by atoms with Crippen LogP contribution in [0.2, 0.25) is 5.02 Å². The van der Waals surface area contributed by atoms with E-state index in [1.807, 2.05) is 20.8 Å². The van der Waals surface area contributed by atoms with Crippen molar-refractivity contribution < 1.29 is 4.79 Å². The molecule has 2 heterocycles. The summed E-state index contributed by atoms with van der Waals surface area (Å²) in [6.07, 6.45) is 2.30. The molecule has 0 saturated carbocycles. The van der Waals surface area contributed by atoms with E-state index in [1.54, 1.807) is 10.7 Å². The number of carbonyl (C=O) groups is 1. The highest BCUT2D eigenvalue weighted by Crippen LogP contribution is 2.22. The van der Waals surface area contributed by atoms with Crippen molar-refractivity contribution in [1.82, 2.24) is 14.8 Å². The predicted octanol–water partition coefficient (Wildman–Crippen LogP) is 2.66. The molecule has 0 bridgehead atoms. The highest BCUT2D eigenvalue weighted by Gasteiger charge is 2.13. The van der Waals surface area contributed by atoms with Gasteiger partial charge in [0.05, 0.1) is 16.4 Å². The second-order valence-corrected chi connectivity index (χ2v) is 4.30. The van der Waals surface area contributed by atoms with E-state index in [0.29, 0.717) is 16.4 Å². The van der Waals surface area contributed by atoms with Crippen molar-refractivity contribution in [3.8, 4) is 5.82 Å². The van der Waals surface area contributed by atoms with Crippen LogP contribution in [0, 0.1) is 20.8 Å². The van der Waals surface area contributed by atoms with Gasteiger partial charge in [-0.25, -0.2) is 9.67 Å². The molecule has 0 unspecified atom stereocenters. The number of aromatic nitrogens is 3. The van der Waals surface area contributed by atoms with Crippen LogP contribution in [0.15, 0.2) is 12.3 Å². The van der Waals surface area contributed by atoms with Crippen molar-refractivity contribution in [3.63, 3.8) is 0 Å². The minimum absolute atomic E-state index is 0.555. The van der Waals surface area contributed by atoms with E-state index in [1.165, 1.54) is 6.20 Å². The summed E-state index contributed by atoms with van der Waals surface area (Å²) in [5.41, 5.74) is 3.05. The second-order valence-electron chi connectivity index (χ2n) is 3.92. The van der Waals surface area contributed by atoms with Gasteiger partial charge in [0.25, 0.3) is 0 Å². The normalized spacial score (nSPS) is 10.6. The number of aldehydes is 1. The van der Waals surface area contributed by atoms with Crippen LogP contribution in [0.3, 0.4) is 0 Å². The molecule has 0 aliphatic heterocycles. The number of halogens is 1. The average Bonchev–Trinajstić information content (AvgIpc) is 2.57. The summed E-state index contributed by atoms with van der Waals surface area (Å²) >= 11 is 6.09. The number of carbonyl (C=O) groups excluding carboxylic acids is 1. The number of pyridine rings is 1. The monoisotopic (exact) mass is 249 g/mol. The Morgan fingerprint density at radius 1 is 1.35 bits per heavy atom. The van der Waals surface area contributed by atoms with Gasteiger partial charge in [0.1, 0.15) is 0 Å². The van der Waals surface area contributed by atoms with E-state index in [-0.39, 0.29) is 0 Å². The van der Waals surface area contributed by atoms with Gasteiger partial charge in [-0.1, -0.05) is 11.6 Å². The second kappa shape index (κ2) is 4.30. The molecule has 17 heavy (non-hydrogen) atoms. The van der Waals surface area contributed by atoms with Gasteiger partial charge >= 0.3 is 0 Å². The van der Waals surface area contributed by atoms with Gasteiger partial charge in [-0.05, 0) is 32.4 Å². The Morgan fingerprint density at radius 2 is 2.06 bits per heavy atom. The summed E-state index contributed by atoms with van der Waals surface area (Å²) in [7, 11) is 0. The Kier molecular flexibility index (Phi) is 2.98. The SMILES string of the molecule is Cc1cc(C=O)cnc1-n1nc(C)c(Cl)c1C. The Balaban J connectivity index is 2.60. The minimum atomic E-state index is 0.555. The van der Waals surface area contributed by atoms with Crippen molar-refractivity contribution in [2.45, 2.75) is 20.8 Å². The molecular weight excluding hydrogens is 238 g/mol. The van der Waals surface area contributed by atoms with Crippen LogP contribution in [-0.4, -0.2) is 21.1 Å². The maximum absolute atomic E-state index is 10.6. The molecule has 0 spiro atoms. The number of rotatable bonds is 2. The van der Waals surface area contributed by atoms with Crippen LogP contribution in [0.1, 0.15) is 27.3 Å². The lowest BCUT2D eigenvalue weighted by Crippen LogP contribution is -2.05. The van der Waals surface area contributed by atoms with Gasteiger partial charge in [-0.2, -0.15) is 5.10 Å². The molecule has 0 atom stereocenters. The molecule has 5 heteroatoms. The third-order valence-corrected chi connectivity index (χ3v) is 3.16. The van der Waals surface area contributed by atoms with Crippen LogP contribution in [0.25, 0.3) is 5.82 Å². The van der Waals surface area contributed by atoms with Gasteiger partial charge < -0.3 is 0 Å². The molecule has 2 aromatic rings. The van der Waals surface area contributed by atoms with E-state index >= 15 is 0 Å². The maximum Gasteiger partial charge on any atom is 0.156 e. The van der Waals surface area contributed by atoms with Crippen LogP contribution < -0.4 is 0 Å². The van der Waals surface area contributed by atoms with Gasteiger partial charge in [0, 0.05) is 11.8 Å². The lowest BCUT2D eigenvalue weighted by atomic mass is 10.2. The number of aryl methyl sites for hydroxylation is 2. The first kappa shape index (κ1) is 11.8. The summed E-state index contributed by atoms with van der Waals surface area (Å²) in [6.45, 7) is 5.62. The van der Waals surface area contributed by atoms with Crippen molar-refractivity contribution in [3.05, 3.63) is 39.8 Å². The number of hydrogen-bond donors (Lipinski definition) is 0. The Hall–Kier alpha value is -1.68. The van der Waals surface area contributed by atoms with Crippen LogP contribution >= 0.6 is 11.6 Å². The lowest BCUT2D eigenvalue weighted by Gasteiger charge is -2.07. The van der Waals surface area contributed by atoms with Crippen molar-refractivity contribution in [2.24, 2.45) is 0 Å². The Morgan fingerprint density at radius 3 is 2.53 bits per heavy atom. The molecule has 2 aromatic heterocycles. The number of hydrogen-bond acceptors (Lipinski definition) is 3. The Labute approximate surface area is 104 Å². The van der Waals surface area contributed by atoms with Gasteiger partial charge in [-0.3, -0.25) is 4.79 Å². The smallest absolute Gasteiger partial charge is 0.156 e. The van der Waals surface area contributed by atoms with Gasteiger partial charge in [-0.15, -0.1) is 0 Å². The molecule has 0 aromatic carbocycles. The highest BCUT2D eigenvalue weighted by molar-refractivity contribution is 6.31. The molecule has 0 aliphatic carbocycles. The zero-order valence-electron chi connectivity index (χ0n) is 9.86. The van der Waals surface area contributed by atoms with E-state index in [9.17, 15) is 4.79 Å². The van der Waals surface area contributed by atoms with Crippen LogP contribution in [0.5, 0.6) is 0 Å². The zero-order valence-corrected chi connectivity index (χ0v) is 10.6. The fourth-order valence-electron chi connectivity index (χ4n) is 1.71. The molecular formula is C12H12ClN3O. The molecule has 4 nitrogen and oxygen atoms in total. The predicted molar refractivity (Wildman–Crippen MR) is 66.0 cm³/mol. The van der Waals surface area contributed by atoms with Crippen molar-refractivity contribution in [1.29, 1.82) is 0 Å². The minimum Gasteiger partial charge on any atom is -0.298 e. The van der Waals surface area contributed by atoms with E-state index in [4.69, 9.17) is 11.6 Å². The lowest BCUT2D eigenvalue weighted by molar-refractivity contribution is 0.112. The summed E-state index contributed by atoms with van der Waals surface area (Å²) < 4.78 is 1.70. The first-order valence-electron chi connectivity index (χ1n) is 5.18. The summed E-state index contributed by atoms with van der Waals surface area (Å²) in [4.78, 5) is 14.9. The first-order valence-corrected chi connectivity index (χ1v) is 5.56. The standard InChI is InChI=1S/C12H12ClN3O/c1-7-4-10(6-17)5-14-12(7)16-9(3)11(13)8(2)15-16/h4-6H,1-3H3. The van der Waals surface area contributed by atoms with E-state index in [0.717, 1.165) is 23.2 Å². The maximum atomic E-state index is 10.6. The molecule has 0 N–H and O–H groups in total. The summed E-state index contributed by atoms with van der Waals surface area (Å²) in [6, 6.07) is 1.78. The van der Waals surface area contributed by atoms with Crippen molar-refractivity contribution >= 4 is 17.9 Å². The zero-order chi connectivity index (χ0) is 12.6.